The number of hydrogen-bond acceptors (Lipinski definition) is 3. The molecule has 1 saturated carbocycles. The average molecular weight is 235 g/mol. The van der Waals surface area contributed by atoms with Crippen molar-refractivity contribution in [2.45, 2.75) is 44.8 Å². The molecule has 2 heterocycles. The fourth-order valence-corrected chi connectivity index (χ4v) is 2.40. The summed E-state index contributed by atoms with van der Waals surface area (Å²) in [6, 6.07) is 0.765. The molecule has 2 fully saturated rings. The Hall–Kier alpha value is -0.870. The molecule has 3 rings (SSSR count). The topological polar surface area (TPSA) is 39.1 Å². The third kappa shape index (κ3) is 3.07. The molecule has 0 atom stereocenters. The van der Waals surface area contributed by atoms with Crippen molar-refractivity contribution in [3.8, 4) is 0 Å². The van der Waals surface area contributed by atoms with Crippen LogP contribution in [0.25, 0.3) is 0 Å². The van der Waals surface area contributed by atoms with Crippen LogP contribution >= 0.6 is 0 Å². The highest BCUT2D eigenvalue weighted by molar-refractivity contribution is 4.99. The zero-order chi connectivity index (χ0) is 11.5. The Morgan fingerprint density at radius 1 is 1.29 bits per heavy atom. The molecule has 1 aliphatic heterocycles. The predicted molar refractivity (Wildman–Crippen MR) is 65.6 cm³/mol. The lowest BCUT2D eigenvalue weighted by Crippen LogP contribution is -2.23. The second-order valence-corrected chi connectivity index (χ2v) is 5.25. The Labute approximate surface area is 102 Å². The molecule has 17 heavy (non-hydrogen) atoms. The van der Waals surface area contributed by atoms with Gasteiger partial charge in [-0.05, 0) is 31.6 Å². The summed E-state index contributed by atoms with van der Waals surface area (Å²) >= 11 is 0. The molecule has 1 aromatic rings. The van der Waals surface area contributed by atoms with E-state index < -0.39 is 0 Å². The van der Waals surface area contributed by atoms with Gasteiger partial charge < -0.3 is 14.6 Å². The lowest BCUT2D eigenvalue weighted by molar-refractivity contribution is 0.0610. The zero-order valence-corrected chi connectivity index (χ0v) is 10.3. The van der Waals surface area contributed by atoms with E-state index >= 15 is 0 Å². The van der Waals surface area contributed by atoms with Gasteiger partial charge in [0.25, 0.3) is 0 Å². The van der Waals surface area contributed by atoms with E-state index in [1.54, 1.807) is 0 Å². The molecule has 94 valence electrons. The first-order chi connectivity index (χ1) is 8.42. The highest BCUT2D eigenvalue weighted by atomic mass is 16.5. The molecule has 0 bridgehead atoms. The lowest BCUT2D eigenvalue weighted by Gasteiger charge is -2.23. The Balaban J connectivity index is 1.55. The molecule has 0 aromatic carbocycles. The summed E-state index contributed by atoms with van der Waals surface area (Å²) in [5.41, 5.74) is 1.32. The van der Waals surface area contributed by atoms with Gasteiger partial charge in [-0.15, -0.1) is 0 Å². The van der Waals surface area contributed by atoms with Gasteiger partial charge >= 0.3 is 0 Å². The number of rotatable bonds is 5. The molecule has 0 amide bonds. The van der Waals surface area contributed by atoms with Crippen molar-refractivity contribution in [3.63, 3.8) is 0 Å². The zero-order valence-electron chi connectivity index (χ0n) is 10.3. The summed E-state index contributed by atoms with van der Waals surface area (Å²) in [4.78, 5) is 4.28. The summed E-state index contributed by atoms with van der Waals surface area (Å²) in [6.07, 6.45) is 9.03. The van der Waals surface area contributed by atoms with Gasteiger partial charge in [0, 0.05) is 38.5 Å². The molecule has 4 heteroatoms. The molecule has 1 aliphatic carbocycles. The van der Waals surface area contributed by atoms with Crippen molar-refractivity contribution in [2.24, 2.45) is 5.92 Å². The minimum absolute atomic E-state index is 0.762. The molecular formula is C13H21N3O. The predicted octanol–water partition coefficient (Wildman–Crippen LogP) is 1.56. The van der Waals surface area contributed by atoms with E-state index in [2.05, 4.69) is 14.9 Å². The molecule has 1 saturated heterocycles. The van der Waals surface area contributed by atoms with Crippen LogP contribution in [0.4, 0.5) is 0 Å². The number of nitrogens with one attached hydrogen (secondary N) is 1. The summed E-state index contributed by atoms with van der Waals surface area (Å²) in [7, 11) is 0. The third-order valence-electron chi connectivity index (χ3n) is 3.74. The fourth-order valence-electron chi connectivity index (χ4n) is 2.40. The van der Waals surface area contributed by atoms with Gasteiger partial charge in [-0.25, -0.2) is 4.98 Å². The number of imidazole rings is 1. The molecule has 0 radical (unpaired) electrons. The normalized spacial score (nSPS) is 21.9. The monoisotopic (exact) mass is 235 g/mol. The molecule has 4 nitrogen and oxygen atoms in total. The molecular weight excluding hydrogens is 214 g/mol. The van der Waals surface area contributed by atoms with E-state index in [-0.39, 0.29) is 0 Å². The quantitative estimate of drug-likeness (QED) is 0.842. The molecule has 0 unspecified atom stereocenters. The van der Waals surface area contributed by atoms with Gasteiger partial charge in [-0.1, -0.05) is 0 Å². The van der Waals surface area contributed by atoms with E-state index in [4.69, 9.17) is 4.74 Å². The summed E-state index contributed by atoms with van der Waals surface area (Å²) < 4.78 is 7.71. The maximum atomic E-state index is 5.40. The Kier molecular flexibility index (Phi) is 3.43. The summed E-state index contributed by atoms with van der Waals surface area (Å²) in [5, 5.41) is 3.55. The smallest absolute Gasteiger partial charge is 0.0948 e. The van der Waals surface area contributed by atoms with Gasteiger partial charge in [-0.3, -0.25) is 0 Å². The van der Waals surface area contributed by atoms with Gasteiger partial charge in [0.15, 0.2) is 0 Å². The number of aromatic nitrogens is 2. The maximum Gasteiger partial charge on any atom is 0.0948 e. The number of nitrogens with zero attached hydrogens (tertiary/aromatic N) is 2. The van der Waals surface area contributed by atoms with Gasteiger partial charge in [-0.2, -0.15) is 0 Å². The van der Waals surface area contributed by atoms with Gasteiger partial charge in [0.1, 0.15) is 0 Å². The molecule has 2 aliphatic rings. The van der Waals surface area contributed by atoms with E-state index in [0.29, 0.717) is 0 Å². The lowest BCUT2D eigenvalue weighted by atomic mass is 10.0. The first-order valence-electron chi connectivity index (χ1n) is 6.72. The van der Waals surface area contributed by atoms with Crippen LogP contribution in [0, 0.1) is 5.92 Å². The number of ether oxygens (including phenoxy) is 1. The van der Waals surface area contributed by atoms with Crippen LogP contribution in [0.1, 0.15) is 31.4 Å². The SMILES string of the molecule is c1ncn(CC2CCOCC2)c1CNC1CC1. The Bertz CT molecular complexity index is 353. The average Bonchev–Trinajstić information content (AvgIpc) is 3.09. The highest BCUT2D eigenvalue weighted by Crippen LogP contribution is 2.20. The van der Waals surface area contributed by atoms with E-state index in [1.165, 1.54) is 31.4 Å². The second kappa shape index (κ2) is 5.19. The third-order valence-corrected chi connectivity index (χ3v) is 3.74. The van der Waals surface area contributed by atoms with Gasteiger partial charge in [0.05, 0.1) is 12.0 Å². The summed E-state index contributed by atoms with van der Waals surface area (Å²) in [5.74, 6) is 0.762. The van der Waals surface area contributed by atoms with E-state index in [9.17, 15) is 0 Å². The Morgan fingerprint density at radius 3 is 2.88 bits per heavy atom. The van der Waals surface area contributed by atoms with Crippen molar-refractivity contribution in [1.29, 1.82) is 0 Å². The van der Waals surface area contributed by atoms with Gasteiger partial charge in [0.2, 0.25) is 0 Å². The summed E-state index contributed by atoms with van der Waals surface area (Å²) in [6.45, 7) is 3.92. The van der Waals surface area contributed by atoms with Crippen molar-refractivity contribution in [2.75, 3.05) is 13.2 Å². The molecule has 0 spiro atoms. The maximum absolute atomic E-state index is 5.40. The Morgan fingerprint density at radius 2 is 2.12 bits per heavy atom. The van der Waals surface area contributed by atoms with Crippen LogP contribution in [0.5, 0.6) is 0 Å². The van der Waals surface area contributed by atoms with Crippen LogP contribution < -0.4 is 5.32 Å². The second-order valence-electron chi connectivity index (χ2n) is 5.25. The fraction of sp³-hybridized carbons (Fsp3) is 0.769. The van der Waals surface area contributed by atoms with E-state index in [0.717, 1.165) is 38.3 Å². The first-order valence-corrected chi connectivity index (χ1v) is 6.72. The van der Waals surface area contributed by atoms with Crippen LogP contribution in [-0.4, -0.2) is 28.8 Å². The van der Waals surface area contributed by atoms with Crippen molar-refractivity contribution >= 4 is 0 Å². The minimum atomic E-state index is 0.762. The van der Waals surface area contributed by atoms with Crippen molar-refractivity contribution < 1.29 is 4.74 Å². The molecule has 1 N–H and O–H groups in total. The number of hydrogen-bond donors (Lipinski definition) is 1. The molecule has 1 aromatic heterocycles. The minimum Gasteiger partial charge on any atom is -0.381 e. The van der Waals surface area contributed by atoms with Crippen LogP contribution in [0.15, 0.2) is 12.5 Å². The van der Waals surface area contributed by atoms with E-state index in [1.807, 2.05) is 12.5 Å². The van der Waals surface area contributed by atoms with Crippen LogP contribution in [0.3, 0.4) is 0 Å². The van der Waals surface area contributed by atoms with Crippen LogP contribution in [0.2, 0.25) is 0 Å². The van der Waals surface area contributed by atoms with Crippen molar-refractivity contribution in [3.05, 3.63) is 18.2 Å². The standard InChI is InChI=1S/C13H21N3O/c1-2-12(1)15-8-13-7-14-10-16(13)9-11-3-5-17-6-4-11/h7,10-12,15H,1-6,8-9H2. The largest absolute Gasteiger partial charge is 0.381 e. The van der Waals surface area contributed by atoms with Crippen LogP contribution in [-0.2, 0) is 17.8 Å². The first kappa shape index (κ1) is 11.2. The van der Waals surface area contributed by atoms with Crippen molar-refractivity contribution in [1.82, 2.24) is 14.9 Å². The highest BCUT2D eigenvalue weighted by Gasteiger charge is 2.21.